The Bertz CT molecular complexity index is 1410. The van der Waals surface area contributed by atoms with Gasteiger partial charge in [-0.05, 0) is 49.8 Å². The number of aliphatic hydroxyl groups is 2. The highest BCUT2D eigenvalue weighted by Crippen LogP contribution is 2.55. The second-order valence-electron chi connectivity index (χ2n) is 10.5. The maximum atomic E-state index is 14.0. The van der Waals surface area contributed by atoms with E-state index < -0.39 is 82.1 Å². The fraction of sp³-hybridized carbons (Fsp3) is 0.407. The Labute approximate surface area is 217 Å². The lowest BCUT2D eigenvalue weighted by molar-refractivity contribution is -0.196. The minimum Gasteiger partial charge on any atom is -0.507 e. The van der Waals surface area contributed by atoms with Crippen LogP contribution < -0.4 is 5.73 Å². The molecule has 1 aromatic heterocycles. The van der Waals surface area contributed by atoms with Crippen LogP contribution in [0.2, 0.25) is 0 Å². The predicted octanol–water partition coefficient (Wildman–Crippen LogP) is -0.539. The van der Waals surface area contributed by atoms with Crippen molar-refractivity contribution in [1.82, 2.24) is 9.88 Å². The molecule has 3 aliphatic carbocycles. The summed E-state index contributed by atoms with van der Waals surface area (Å²) in [5.41, 5.74) is 3.49. The number of aromatic nitrogens is 1. The number of fused-ring (bicyclic) bond motifs is 3. The lowest BCUT2D eigenvalue weighted by atomic mass is 9.49. The maximum Gasteiger partial charge on any atom is 0.235 e. The van der Waals surface area contributed by atoms with Gasteiger partial charge in [-0.3, -0.25) is 33.9 Å². The van der Waals surface area contributed by atoms with Gasteiger partial charge in [0.1, 0.15) is 5.75 Å². The van der Waals surface area contributed by atoms with Crippen LogP contribution in [0.4, 0.5) is 0 Å². The number of ketones is 4. The van der Waals surface area contributed by atoms with Crippen LogP contribution >= 0.6 is 0 Å². The van der Waals surface area contributed by atoms with E-state index in [0.29, 0.717) is 16.8 Å². The van der Waals surface area contributed by atoms with E-state index in [0.717, 1.165) is 0 Å². The monoisotopic (exact) mass is 521 g/mol. The molecular weight excluding hydrogens is 494 g/mol. The molecule has 0 aliphatic heterocycles. The molecule has 2 unspecified atom stereocenters. The molecule has 8 atom stereocenters. The second kappa shape index (κ2) is 8.62. The van der Waals surface area contributed by atoms with Crippen LogP contribution in [-0.2, 0) is 19.2 Å². The molecule has 0 bridgehead atoms. The Balaban J connectivity index is 1.75. The van der Waals surface area contributed by atoms with E-state index in [1.807, 2.05) is 0 Å². The summed E-state index contributed by atoms with van der Waals surface area (Å²) >= 11 is 0. The minimum atomic E-state index is -3.02. The number of phenolic OH excluding ortho intramolecular Hbond substituents is 1. The van der Waals surface area contributed by atoms with E-state index in [4.69, 9.17) is 5.73 Å². The largest absolute Gasteiger partial charge is 0.507 e. The molecule has 11 nitrogen and oxygen atoms in total. The second-order valence-corrected chi connectivity index (χ2v) is 10.5. The van der Waals surface area contributed by atoms with Crippen LogP contribution in [0, 0.1) is 23.7 Å². The molecule has 2 aromatic rings. The van der Waals surface area contributed by atoms with Gasteiger partial charge in [0.2, 0.25) is 5.91 Å². The molecule has 11 heteroatoms. The summed E-state index contributed by atoms with van der Waals surface area (Å²) in [7, 11) is 2.89. The third kappa shape index (κ3) is 3.19. The number of nitrogens with zero attached hydrogens (tertiary/aromatic N) is 2. The number of primary amides is 1. The number of aliphatic hydroxyl groups excluding tert-OH is 1. The molecular formula is C27H27N3O8. The van der Waals surface area contributed by atoms with Gasteiger partial charge >= 0.3 is 0 Å². The van der Waals surface area contributed by atoms with Crippen LogP contribution in [0.5, 0.6) is 5.75 Å². The van der Waals surface area contributed by atoms with Crippen molar-refractivity contribution in [1.29, 1.82) is 0 Å². The zero-order chi connectivity index (χ0) is 27.8. The van der Waals surface area contributed by atoms with Gasteiger partial charge in [-0.1, -0.05) is 13.0 Å². The number of hydrogen-bond donors (Lipinski definition) is 4. The first kappa shape index (κ1) is 25.8. The van der Waals surface area contributed by atoms with Crippen molar-refractivity contribution >= 4 is 29.0 Å². The predicted molar refractivity (Wildman–Crippen MR) is 131 cm³/mol. The van der Waals surface area contributed by atoms with E-state index in [1.54, 1.807) is 37.4 Å². The van der Waals surface area contributed by atoms with E-state index in [1.165, 1.54) is 25.1 Å². The lowest BCUT2D eigenvalue weighted by Crippen LogP contribution is -2.77. The van der Waals surface area contributed by atoms with Gasteiger partial charge in [0.25, 0.3) is 0 Å². The fourth-order valence-electron chi connectivity index (χ4n) is 6.81. The SMILES string of the molecule is C[C@@H]1c2c(-c3ccccn3)ccc(O)c2C(=O)C2C(=O)[C@@]3(O)C(=O)C(C(N)=O)C(=O)[C@H](N(C)C)[C@H]3[C@H](O)[C@H]21. The number of carbonyl (C=O) groups excluding carboxylic acids is 5. The summed E-state index contributed by atoms with van der Waals surface area (Å²) in [6.45, 7) is 1.67. The van der Waals surface area contributed by atoms with Gasteiger partial charge < -0.3 is 21.1 Å². The van der Waals surface area contributed by atoms with E-state index in [-0.39, 0.29) is 5.56 Å². The van der Waals surface area contributed by atoms with Gasteiger partial charge in [0, 0.05) is 17.7 Å². The number of carbonyl (C=O) groups is 5. The molecule has 3 aliphatic rings. The summed E-state index contributed by atoms with van der Waals surface area (Å²) in [5, 5.41) is 34.1. The highest BCUT2D eigenvalue weighted by atomic mass is 16.3. The summed E-state index contributed by atoms with van der Waals surface area (Å²) in [5.74, 6) is -13.6. The van der Waals surface area contributed by atoms with Crippen LogP contribution in [0.15, 0.2) is 36.5 Å². The van der Waals surface area contributed by atoms with Crippen molar-refractivity contribution in [3.05, 3.63) is 47.7 Å². The minimum absolute atomic E-state index is 0.167. The number of aromatic hydroxyl groups is 1. The molecule has 2 fully saturated rings. The fourth-order valence-corrected chi connectivity index (χ4v) is 6.81. The number of hydrogen-bond acceptors (Lipinski definition) is 10. The molecule has 0 radical (unpaired) electrons. The first-order chi connectivity index (χ1) is 17.8. The molecule has 1 amide bonds. The third-order valence-corrected chi connectivity index (χ3v) is 8.41. The van der Waals surface area contributed by atoms with Crippen molar-refractivity contribution in [2.45, 2.75) is 30.6 Å². The number of Topliss-reactive ketones (excluding diaryl/α,β-unsaturated/α-hetero) is 4. The molecule has 0 saturated heterocycles. The summed E-state index contributed by atoms with van der Waals surface area (Å²) < 4.78 is 0. The number of benzene rings is 1. The van der Waals surface area contributed by atoms with Crippen LogP contribution in [-0.4, -0.2) is 86.1 Å². The number of nitrogens with two attached hydrogens (primary N) is 1. The lowest BCUT2D eigenvalue weighted by Gasteiger charge is -2.56. The topological polar surface area (TPSA) is 188 Å². The van der Waals surface area contributed by atoms with Crippen molar-refractivity contribution in [2.24, 2.45) is 29.4 Å². The summed E-state index contributed by atoms with van der Waals surface area (Å²) in [6.07, 6.45) is -0.134. The van der Waals surface area contributed by atoms with Crippen molar-refractivity contribution in [3.8, 4) is 17.0 Å². The van der Waals surface area contributed by atoms with Crippen LogP contribution in [0.25, 0.3) is 11.3 Å². The molecule has 5 rings (SSSR count). The van der Waals surface area contributed by atoms with Gasteiger partial charge in [-0.25, -0.2) is 0 Å². The van der Waals surface area contributed by atoms with Gasteiger partial charge in [0.15, 0.2) is 34.7 Å². The first-order valence-electron chi connectivity index (χ1n) is 12.2. The zero-order valence-electron chi connectivity index (χ0n) is 20.9. The Morgan fingerprint density at radius 1 is 1.08 bits per heavy atom. The standard InChI is InChI=1S/C27H27N3O8/c1-10-14-11(12-6-4-5-9-29-12)7-8-13(31)16(14)21(32)17-15(10)22(33)19-20(30(2)3)23(34)18(26(28)37)25(36)27(19,38)24(17)35/h4-10,15,17-20,22,31,33,38H,1-3H3,(H2,28,37)/t10-,15+,17?,18?,19+,20-,22-,27-/m1/s1. The van der Waals surface area contributed by atoms with Crippen molar-refractivity contribution in [3.63, 3.8) is 0 Å². The molecule has 5 N–H and O–H groups in total. The molecule has 1 aromatic carbocycles. The Hall–Kier alpha value is -3.80. The molecule has 0 spiro atoms. The van der Waals surface area contributed by atoms with Crippen LogP contribution in [0.1, 0.15) is 28.8 Å². The van der Waals surface area contributed by atoms with Gasteiger partial charge in [-0.2, -0.15) is 0 Å². The highest BCUT2D eigenvalue weighted by molar-refractivity contribution is 6.32. The summed E-state index contributed by atoms with van der Waals surface area (Å²) in [4.78, 5) is 72.2. The maximum absolute atomic E-state index is 14.0. The van der Waals surface area contributed by atoms with Gasteiger partial charge in [-0.15, -0.1) is 0 Å². The van der Waals surface area contributed by atoms with Crippen molar-refractivity contribution in [2.75, 3.05) is 14.1 Å². The van der Waals surface area contributed by atoms with E-state index in [9.17, 15) is 39.3 Å². The summed E-state index contributed by atoms with van der Waals surface area (Å²) in [6, 6.07) is 6.63. The van der Waals surface area contributed by atoms with E-state index in [2.05, 4.69) is 4.98 Å². The Kier molecular flexibility index (Phi) is 5.86. The van der Waals surface area contributed by atoms with E-state index >= 15 is 0 Å². The average Bonchev–Trinajstić information content (AvgIpc) is 2.86. The molecule has 198 valence electrons. The average molecular weight is 522 g/mol. The normalized spacial score (nSPS) is 34.5. The van der Waals surface area contributed by atoms with Crippen molar-refractivity contribution < 1.29 is 39.3 Å². The zero-order valence-corrected chi connectivity index (χ0v) is 20.9. The number of rotatable bonds is 3. The first-order valence-corrected chi connectivity index (χ1v) is 12.2. The Morgan fingerprint density at radius 3 is 2.34 bits per heavy atom. The molecule has 1 heterocycles. The molecule has 2 saturated carbocycles. The van der Waals surface area contributed by atoms with Crippen LogP contribution in [0.3, 0.4) is 0 Å². The highest BCUT2D eigenvalue weighted by Gasteiger charge is 2.73. The number of likely N-dealkylation sites (N-methyl/N-ethyl adjacent to an activating group) is 1. The number of amides is 1. The quantitative estimate of drug-likeness (QED) is 0.382. The molecule has 38 heavy (non-hydrogen) atoms. The number of phenols is 1. The van der Waals surface area contributed by atoms with Gasteiger partial charge in [0.05, 0.1) is 35.2 Å². The third-order valence-electron chi connectivity index (χ3n) is 8.41. The number of pyridine rings is 1. The smallest absolute Gasteiger partial charge is 0.235 e. The Morgan fingerprint density at radius 2 is 1.76 bits per heavy atom.